The van der Waals surface area contributed by atoms with Gasteiger partial charge in [-0.25, -0.2) is 9.82 Å². The fourth-order valence-corrected chi connectivity index (χ4v) is 3.08. The SMILES string of the molecule is CC(/C=N/NC(=O)c1cc(C)n(-c2ccc(F)cc2)c1C)=C\c1ccccc1. The lowest BCUT2D eigenvalue weighted by molar-refractivity contribution is 0.0954. The third-order valence-corrected chi connectivity index (χ3v) is 4.39. The second-order valence-electron chi connectivity index (χ2n) is 6.59. The average molecular weight is 375 g/mol. The maximum absolute atomic E-state index is 13.2. The Bertz CT molecular complexity index is 1030. The number of nitrogens with zero attached hydrogens (tertiary/aromatic N) is 2. The van der Waals surface area contributed by atoms with E-state index in [0.29, 0.717) is 5.56 Å². The number of aromatic nitrogens is 1. The van der Waals surface area contributed by atoms with Crippen molar-refractivity contribution in [1.82, 2.24) is 9.99 Å². The van der Waals surface area contributed by atoms with E-state index in [2.05, 4.69) is 10.5 Å². The number of allylic oxidation sites excluding steroid dienone is 1. The number of halogens is 1. The number of hydrogen-bond acceptors (Lipinski definition) is 2. The van der Waals surface area contributed by atoms with Crippen molar-refractivity contribution in [2.75, 3.05) is 0 Å². The van der Waals surface area contributed by atoms with Crippen LogP contribution in [-0.2, 0) is 0 Å². The quantitative estimate of drug-likeness (QED) is 0.492. The largest absolute Gasteiger partial charge is 0.318 e. The van der Waals surface area contributed by atoms with Crippen LogP contribution in [0.15, 0.2) is 71.3 Å². The van der Waals surface area contributed by atoms with Crippen LogP contribution in [0.2, 0.25) is 0 Å². The van der Waals surface area contributed by atoms with Gasteiger partial charge < -0.3 is 4.57 Å². The summed E-state index contributed by atoms with van der Waals surface area (Å²) >= 11 is 0. The lowest BCUT2D eigenvalue weighted by atomic mass is 10.1. The number of benzene rings is 2. The van der Waals surface area contributed by atoms with Crippen molar-refractivity contribution in [3.05, 3.63) is 94.6 Å². The van der Waals surface area contributed by atoms with Gasteiger partial charge in [-0.1, -0.05) is 36.4 Å². The van der Waals surface area contributed by atoms with Gasteiger partial charge in [0, 0.05) is 17.1 Å². The Morgan fingerprint density at radius 3 is 2.43 bits per heavy atom. The zero-order valence-corrected chi connectivity index (χ0v) is 16.1. The van der Waals surface area contributed by atoms with Gasteiger partial charge >= 0.3 is 0 Å². The predicted octanol–water partition coefficient (Wildman–Crippen LogP) is 5.05. The topological polar surface area (TPSA) is 46.4 Å². The normalized spacial score (nSPS) is 11.8. The standard InChI is InChI=1S/C23H22FN3O/c1-16(13-19-7-5-4-6-8-19)15-25-26-23(28)22-14-17(2)27(18(22)3)21-11-9-20(24)10-12-21/h4-15H,1-3H3,(H,26,28)/b16-13+,25-15+. The van der Waals surface area contributed by atoms with Gasteiger partial charge in [-0.05, 0) is 62.2 Å². The average Bonchev–Trinajstić information content (AvgIpc) is 2.98. The summed E-state index contributed by atoms with van der Waals surface area (Å²) in [5.41, 5.74) is 7.56. The van der Waals surface area contributed by atoms with Crippen LogP contribution in [0.1, 0.15) is 34.2 Å². The van der Waals surface area contributed by atoms with E-state index >= 15 is 0 Å². The van der Waals surface area contributed by atoms with Gasteiger partial charge in [-0.15, -0.1) is 0 Å². The molecule has 2 aromatic carbocycles. The van der Waals surface area contributed by atoms with E-state index < -0.39 is 0 Å². The number of aryl methyl sites for hydroxylation is 1. The van der Waals surface area contributed by atoms with Crippen LogP contribution in [-0.4, -0.2) is 16.7 Å². The van der Waals surface area contributed by atoms with E-state index in [-0.39, 0.29) is 11.7 Å². The molecule has 0 atom stereocenters. The van der Waals surface area contributed by atoms with Crippen molar-refractivity contribution in [2.45, 2.75) is 20.8 Å². The smallest absolute Gasteiger partial charge is 0.273 e. The summed E-state index contributed by atoms with van der Waals surface area (Å²) in [5.74, 6) is -0.581. The number of carbonyl (C=O) groups is 1. The molecule has 28 heavy (non-hydrogen) atoms. The molecule has 0 spiro atoms. The molecule has 0 aliphatic rings. The highest BCUT2D eigenvalue weighted by atomic mass is 19.1. The minimum Gasteiger partial charge on any atom is -0.318 e. The van der Waals surface area contributed by atoms with Crippen molar-refractivity contribution >= 4 is 18.2 Å². The van der Waals surface area contributed by atoms with Gasteiger partial charge in [-0.2, -0.15) is 5.10 Å². The van der Waals surface area contributed by atoms with Crippen LogP contribution in [0, 0.1) is 19.7 Å². The first-order chi connectivity index (χ1) is 13.5. The molecule has 5 heteroatoms. The third-order valence-electron chi connectivity index (χ3n) is 4.39. The van der Waals surface area contributed by atoms with Gasteiger partial charge in [0.15, 0.2) is 0 Å². The Hall–Kier alpha value is -3.47. The predicted molar refractivity (Wildman–Crippen MR) is 111 cm³/mol. The van der Waals surface area contributed by atoms with Gasteiger partial charge in [0.25, 0.3) is 5.91 Å². The Kier molecular flexibility index (Phi) is 5.84. The van der Waals surface area contributed by atoms with Crippen LogP contribution >= 0.6 is 0 Å². The molecular weight excluding hydrogens is 353 g/mol. The maximum atomic E-state index is 13.2. The number of hydrogen-bond donors (Lipinski definition) is 1. The molecule has 0 aliphatic carbocycles. The zero-order valence-electron chi connectivity index (χ0n) is 16.1. The molecule has 3 aromatic rings. The van der Waals surface area contributed by atoms with Gasteiger partial charge in [0.1, 0.15) is 5.82 Å². The summed E-state index contributed by atoms with van der Waals surface area (Å²) in [6, 6.07) is 17.9. The van der Waals surface area contributed by atoms with Gasteiger partial charge in [0.2, 0.25) is 0 Å². The summed E-state index contributed by atoms with van der Waals surface area (Å²) in [6.07, 6.45) is 3.60. The maximum Gasteiger partial charge on any atom is 0.273 e. The molecule has 1 N–H and O–H groups in total. The summed E-state index contributed by atoms with van der Waals surface area (Å²) in [7, 11) is 0. The summed E-state index contributed by atoms with van der Waals surface area (Å²) in [6.45, 7) is 5.68. The molecule has 0 aliphatic heterocycles. The highest BCUT2D eigenvalue weighted by molar-refractivity contribution is 5.96. The molecule has 0 radical (unpaired) electrons. The number of rotatable bonds is 5. The molecule has 1 aromatic heterocycles. The van der Waals surface area contributed by atoms with E-state index in [9.17, 15) is 9.18 Å². The summed E-state index contributed by atoms with van der Waals surface area (Å²) in [5, 5.41) is 4.06. The molecular formula is C23H22FN3O. The van der Waals surface area contributed by atoms with Gasteiger partial charge in [0.05, 0.1) is 11.8 Å². The first kappa shape index (κ1) is 19.3. The van der Waals surface area contributed by atoms with Crippen LogP contribution in [0.3, 0.4) is 0 Å². The van der Waals surface area contributed by atoms with E-state index in [0.717, 1.165) is 28.2 Å². The molecule has 142 valence electrons. The number of carbonyl (C=O) groups excluding carboxylic acids is 1. The lowest BCUT2D eigenvalue weighted by Gasteiger charge is -2.09. The van der Waals surface area contributed by atoms with Crippen molar-refractivity contribution in [1.29, 1.82) is 0 Å². The lowest BCUT2D eigenvalue weighted by Crippen LogP contribution is -2.18. The molecule has 0 bridgehead atoms. The molecule has 0 unspecified atom stereocenters. The Labute approximate surface area is 164 Å². The van der Waals surface area contributed by atoms with Crippen molar-refractivity contribution < 1.29 is 9.18 Å². The van der Waals surface area contributed by atoms with Crippen LogP contribution in [0.5, 0.6) is 0 Å². The minimum atomic E-state index is -0.294. The first-order valence-corrected chi connectivity index (χ1v) is 8.97. The Morgan fingerprint density at radius 2 is 1.75 bits per heavy atom. The zero-order chi connectivity index (χ0) is 20.1. The third kappa shape index (κ3) is 4.43. The fraction of sp³-hybridized carbons (Fsp3) is 0.130. The van der Waals surface area contributed by atoms with E-state index in [4.69, 9.17) is 0 Å². The van der Waals surface area contributed by atoms with Crippen LogP contribution in [0.25, 0.3) is 11.8 Å². The van der Waals surface area contributed by atoms with Crippen molar-refractivity contribution in [3.63, 3.8) is 0 Å². The van der Waals surface area contributed by atoms with E-state index in [1.807, 2.05) is 61.7 Å². The Morgan fingerprint density at radius 1 is 1.07 bits per heavy atom. The summed E-state index contributed by atoms with van der Waals surface area (Å²) < 4.78 is 15.1. The Balaban J connectivity index is 1.74. The second kappa shape index (κ2) is 8.48. The van der Waals surface area contributed by atoms with E-state index in [1.54, 1.807) is 24.4 Å². The number of amides is 1. The molecule has 1 heterocycles. The molecule has 1 amide bonds. The minimum absolute atomic E-state index is 0.287. The molecule has 0 saturated heterocycles. The summed E-state index contributed by atoms with van der Waals surface area (Å²) in [4.78, 5) is 12.5. The van der Waals surface area contributed by atoms with Crippen molar-refractivity contribution in [3.8, 4) is 5.69 Å². The molecule has 4 nitrogen and oxygen atoms in total. The van der Waals surface area contributed by atoms with Crippen molar-refractivity contribution in [2.24, 2.45) is 5.10 Å². The monoisotopic (exact) mass is 375 g/mol. The van der Waals surface area contributed by atoms with E-state index in [1.165, 1.54) is 12.1 Å². The van der Waals surface area contributed by atoms with Crippen LogP contribution < -0.4 is 5.43 Å². The fourth-order valence-electron chi connectivity index (χ4n) is 3.08. The first-order valence-electron chi connectivity index (χ1n) is 8.97. The molecule has 0 fully saturated rings. The number of hydrazone groups is 1. The highest BCUT2D eigenvalue weighted by Crippen LogP contribution is 2.21. The second-order valence-corrected chi connectivity index (χ2v) is 6.59. The van der Waals surface area contributed by atoms with Crippen LogP contribution in [0.4, 0.5) is 4.39 Å². The molecule has 0 saturated carbocycles. The van der Waals surface area contributed by atoms with Gasteiger partial charge in [-0.3, -0.25) is 4.79 Å². The number of nitrogens with one attached hydrogen (secondary N) is 1. The highest BCUT2D eigenvalue weighted by Gasteiger charge is 2.16. The molecule has 3 rings (SSSR count).